The number of nitrogens with one attached hydrogen (secondary N) is 3. The molecule has 0 aromatic heterocycles. The van der Waals surface area contributed by atoms with Gasteiger partial charge in [-0.25, -0.2) is 4.79 Å². The Kier molecular flexibility index (Phi) is 13.8. The summed E-state index contributed by atoms with van der Waals surface area (Å²) in [4.78, 5) is 59.5. The van der Waals surface area contributed by atoms with Crippen LogP contribution in [0.15, 0.2) is 0 Å². The highest BCUT2D eigenvalue weighted by Crippen LogP contribution is 2.05. The van der Waals surface area contributed by atoms with E-state index >= 15 is 0 Å². The molecule has 0 aromatic carbocycles. The zero-order valence-corrected chi connectivity index (χ0v) is 18.4. The molecule has 0 aliphatic carbocycles. The Morgan fingerprint density at radius 2 is 1.34 bits per heavy atom. The van der Waals surface area contributed by atoms with E-state index in [0.29, 0.717) is 19.4 Å². The van der Waals surface area contributed by atoms with Gasteiger partial charge >= 0.3 is 11.9 Å². The van der Waals surface area contributed by atoms with E-state index in [4.69, 9.17) is 16.6 Å². The normalized spacial score (nSPS) is 14.7. The average molecular weight is 462 g/mol. The Morgan fingerprint density at radius 3 is 1.81 bits per heavy atom. The maximum absolute atomic E-state index is 12.6. The SMILES string of the molecule is CC(C)C(N)C(=O)NC(CCC(=O)O)C(=O)NC(CO)C(=O)NC(CCCCN)C(=O)O. The van der Waals surface area contributed by atoms with Crippen LogP contribution in [0.5, 0.6) is 0 Å². The first kappa shape index (κ1) is 29.2. The van der Waals surface area contributed by atoms with Crippen molar-refractivity contribution in [2.45, 2.75) is 70.1 Å². The highest BCUT2D eigenvalue weighted by Gasteiger charge is 2.30. The Bertz CT molecular complexity index is 658. The molecule has 0 saturated heterocycles. The van der Waals surface area contributed by atoms with Gasteiger partial charge in [0.15, 0.2) is 0 Å². The molecule has 0 bridgehead atoms. The van der Waals surface area contributed by atoms with E-state index in [2.05, 4.69) is 16.0 Å². The van der Waals surface area contributed by atoms with Crippen molar-refractivity contribution in [1.82, 2.24) is 16.0 Å². The molecule has 13 heteroatoms. The van der Waals surface area contributed by atoms with Gasteiger partial charge in [0.25, 0.3) is 0 Å². The number of aliphatic hydroxyl groups is 1. The lowest BCUT2D eigenvalue weighted by Crippen LogP contribution is -2.58. The molecule has 4 atom stereocenters. The van der Waals surface area contributed by atoms with Crippen molar-refractivity contribution in [2.75, 3.05) is 13.2 Å². The van der Waals surface area contributed by atoms with E-state index in [1.165, 1.54) is 0 Å². The van der Waals surface area contributed by atoms with E-state index in [9.17, 15) is 34.2 Å². The standard InChI is InChI=1S/C19H35N5O8/c1-10(2)15(21)18(30)22-11(6-7-14(26)27)16(28)24-13(9-25)17(29)23-12(19(31)32)5-3-4-8-20/h10-13,15,25H,3-9,20-21H2,1-2H3,(H,22,30)(H,23,29)(H,24,28)(H,26,27)(H,31,32). The monoisotopic (exact) mass is 461 g/mol. The van der Waals surface area contributed by atoms with Crippen LogP contribution in [-0.4, -0.2) is 82.3 Å². The molecule has 0 rings (SSSR count). The minimum atomic E-state index is -1.51. The van der Waals surface area contributed by atoms with Crippen LogP contribution in [0.4, 0.5) is 0 Å². The number of carboxylic acid groups (broad SMARTS) is 2. The number of carboxylic acids is 2. The zero-order chi connectivity index (χ0) is 24.8. The molecule has 0 spiro atoms. The highest BCUT2D eigenvalue weighted by atomic mass is 16.4. The molecule has 0 fully saturated rings. The molecule has 0 aromatic rings. The Balaban J connectivity index is 5.24. The number of amides is 3. The van der Waals surface area contributed by atoms with Crippen molar-refractivity contribution >= 4 is 29.7 Å². The van der Waals surface area contributed by atoms with E-state index in [1.54, 1.807) is 13.8 Å². The molecular weight excluding hydrogens is 426 g/mol. The fraction of sp³-hybridized carbons (Fsp3) is 0.737. The summed E-state index contributed by atoms with van der Waals surface area (Å²) < 4.78 is 0. The molecule has 13 nitrogen and oxygen atoms in total. The average Bonchev–Trinajstić information content (AvgIpc) is 2.72. The number of aliphatic carboxylic acids is 2. The van der Waals surface area contributed by atoms with Crippen LogP contribution in [0.3, 0.4) is 0 Å². The number of aliphatic hydroxyl groups excluding tert-OH is 1. The van der Waals surface area contributed by atoms with Crippen molar-refractivity contribution in [2.24, 2.45) is 17.4 Å². The first-order valence-corrected chi connectivity index (χ1v) is 10.4. The smallest absolute Gasteiger partial charge is 0.326 e. The van der Waals surface area contributed by atoms with Crippen molar-refractivity contribution in [3.8, 4) is 0 Å². The largest absolute Gasteiger partial charge is 0.481 e. The maximum Gasteiger partial charge on any atom is 0.326 e. The third-order valence-corrected chi connectivity index (χ3v) is 4.68. The number of carbonyl (C=O) groups is 5. The molecule has 3 amide bonds. The lowest BCUT2D eigenvalue weighted by molar-refractivity contribution is -0.142. The summed E-state index contributed by atoms with van der Waals surface area (Å²) in [5.74, 6) is -5.28. The Labute approximate surface area is 186 Å². The number of rotatable bonds is 16. The fourth-order valence-electron chi connectivity index (χ4n) is 2.60. The summed E-state index contributed by atoms with van der Waals surface area (Å²) in [6.07, 6.45) is 0.378. The second-order valence-corrected chi connectivity index (χ2v) is 7.69. The van der Waals surface area contributed by atoms with E-state index < -0.39 is 66.9 Å². The second kappa shape index (κ2) is 15.1. The topological polar surface area (TPSA) is 234 Å². The number of carbonyl (C=O) groups excluding carboxylic acids is 3. The van der Waals surface area contributed by atoms with Gasteiger partial charge in [-0.3, -0.25) is 19.2 Å². The van der Waals surface area contributed by atoms with Gasteiger partial charge in [0.2, 0.25) is 17.7 Å². The fourth-order valence-corrected chi connectivity index (χ4v) is 2.60. The van der Waals surface area contributed by atoms with Crippen LogP contribution in [0.2, 0.25) is 0 Å². The summed E-state index contributed by atoms with van der Waals surface area (Å²) in [7, 11) is 0. The van der Waals surface area contributed by atoms with Gasteiger partial charge in [0.05, 0.1) is 12.6 Å². The predicted octanol–water partition coefficient (Wildman–Crippen LogP) is -2.51. The summed E-state index contributed by atoms with van der Waals surface area (Å²) >= 11 is 0. The molecule has 0 radical (unpaired) electrons. The van der Waals surface area contributed by atoms with Crippen LogP contribution in [0.25, 0.3) is 0 Å². The predicted molar refractivity (Wildman–Crippen MR) is 113 cm³/mol. The first-order valence-electron chi connectivity index (χ1n) is 10.4. The number of nitrogens with two attached hydrogens (primary N) is 2. The number of hydrogen-bond donors (Lipinski definition) is 8. The van der Waals surface area contributed by atoms with E-state index in [-0.39, 0.29) is 18.8 Å². The Hall–Kier alpha value is -2.77. The van der Waals surface area contributed by atoms with Gasteiger partial charge in [0, 0.05) is 6.42 Å². The molecule has 0 aliphatic rings. The van der Waals surface area contributed by atoms with Gasteiger partial charge in [-0.05, 0) is 38.1 Å². The van der Waals surface area contributed by atoms with Crippen LogP contribution in [0, 0.1) is 5.92 Å². The molecule has 4 unspecified atom stereocenters. The van der Waals surface area contributed by atoms with Crippen LogP contribution in [-0.2, 0) is 24.0 Å². The summed E-state index contributed by atoms with van der Waals surface area (Å²) in [6, 6.07) is -5.03. The minimum Gasteiger partial charge on any atom is -0.481 e. The summed E-state index contributed by atoms with van der Waals surface area (Å²) in [6.45, 7) is 2.89. The third kappa shape index (κ3) is 11.0. The molecule has 10 N–H and O–H groups in total. The molecular formula is C19H35N5O8. The maximum atomic E-state index is 12.6. The van der Waals surface area contributed by atoms with Crippen molar-refractivity contribution in [1.29, 1.82) is 0 Å². The number of hydrogen-bond acceptors (Lipinski definition) is 8. The first-order chi connectivity index (χ1) is 14.9. The molecule has 0 heterocycles. The molecule has 184 valence electrons. The van der Waals surface area contributed by atoms with Gasteiger partial charge in [0.1, 0.15) is 18.1 Å². The molecule has 0 saturated carbocycles. The van der Waals surface area contributed by atoms with Gasteiger partial charge in [-0.1, -0.05) is 13.8 Å². The minimum absolute atomic E-state index is 0.106. The van der Waals surface area contributed by atoms with Crippen molar-refractivity contribution < 1.29 is 39.3 Å². The lowest BCUT2D eigenvalue weighted by atomic mass is 10.0. The summed E-state index contributed by atoms with van der Waals surface area (Å²) in [5.41, 5.74) is 11.1. The van der Waals surface area contributed by atoms with E-state index in [0.717, 1.165) is 0 Å². The zero-order valence-electron chi connectivity index (χ0n) is 18.4. The van der Waals surface area contributed by atoms with Crippen molar-refractivity contribution in [3.63, 3.8) is 0 Å². The quantitative estimate of drug-likeness (QED) is 0.112. The van der Waals surface area contributed by atoms with Crippen LogP contribution in [0.1, 0.15) is 46.0 Å². The van der Waals surface area contributed by atoms with E-state index in [1.807, 2.05) is 0 Å². The van der Waals surface area contributed by atoms with Gasteiger partial charge < -0.3 is 42.7 Å². The number of unbranched alkanes of at least 4 members (excludes halogenated alkanes) is 1. The second-order valence-electron chi connectivity index (χ2n) is 7.69. The molecule has 32 heavy (non-hydrogen) atoms. The third-order valence-electron chi connectivity index (χ3n) is 4.68. The van der Waals surface area contributed by atoms with Gasteiger partial charge in [-0.2, -0.15) is 0 Å². The van der Waals surface area contributed by atoms with Crippen LogP contribution >= 0.6 is 0 Å². The summed E-state index contributed by atoms with van der Waals surface area (Å²) in [5, 5.41) is 34.5. The van der Waals surface area contributed by atoms with Crippen LogP contribution < -0.4 is 27.4 Å². The lowest BCUT2D eigenvalue weighted by Gasteiger charge is -2.24. The van der Waals surface area contributed by atoms with Crippen molar-refractivity contribution in [3.05, 3.63) is 0 Å². The Morgan fingerprint density at radius 1 is 0.812 bits per heavy atom. The van der Waals surface area contributed by atoms with Gasteiger partial charge in [-0.15, -0.1) is 0 Å². The molecule has 0 aliphatic heterocycles. The highest BCUT2D eigenvalue weighted by molar-refractivity contribution is 5.94.